The van der Waals surface area contributed by atoms with Gasteiger partial charge in [-0.3, -0.25) is 4.79 Å². The predicted molar refractivity (Wildman–Crippen MR) is 153 cm³/mol. The highest BCUT2D eigenvalue weighted by Gasteiger charge is 2.20. The molecule has 0 unspecified atom stereocenters. The van der Waals surface area contributed by atoms with Crippen LogP contribution in [0.2, 0.25) is 0 Å². The fourth-order valence-electron chi connectivity index (χ4n) is 5.63. The molecule has 0 bridgehead atoms. The number of para-hydroxylation sites is 1. The van der Waals surface area contributed by atoms with E-state index in [2.05, 4.69) is 78.9 Å². The van der Waals surface area contributed by atoms with Crippen molar-refractivity contribution in [1.82, 2.24) is 0 Å². The largest absolute Gasteiger partial charge is 0.507 e. The molecule has 0 atom stereocenters. The molecule has 2 heteroatoms. The van der Waals surface area contributed by atoms with Gasteiger partial charge >= 0.3 is 0 Å². The van der Waals surface area contributed by atoms with E-state index in [9.17, 15) is 9.90 Å². The van der Waals surface area contributed by atoms with Gasteiger partial charge in [0.05, 0.1) is 5.56 Å². The molecule has 0 aliphatic heterocycles. The number of aromatic hydroxyl groups is 1. The summed E-state index contributed by atoms with van der Waals surface area (Å²) in [6.07, 6.45) is 0. The lowest BCUT2D eigenvalue weighted by Crippen LogP contribution is -2.03. The lowest BCUT2D eigenvalue weighted by atomic mass is 9.85. The number of phenols is 1. The highest BCUT2D eigenvalue weighted by Crippen LogP contribution is 2.42. The van der Waals surface area contributed by atoms with Crippen LogP contribution in [0, 0.1) is 0 Å². The molecule has 0 fully saturated rings. The van der Waals surface area contributed by atoms with Gasteiger partial charge in [0.1, 0.15) is 5.75 Å². The van der Waals surface area contributed by atoms with Crippen LogP contribution in [0.5, 0.6) is 5.75 Å². The van der Waals surface area contributed by atoms with E-state index in [1.807, 2.05) is 24.3 Å². The standard InChI is InChI=1S/C35H22O2/c36-32-13-7-6-12-31(32)35(37)30-21-17-24-15-19-28-27(18-14-23-16-20-29(30)34(24)33(23)28)26-11-5-4-10-25(26)22-8-2-1-3-9-22/h1-21,36H. The van der Waals surface area contributed by atoms with Crippen molar-refractivity contribution < 1.29 is 9.90 Å². The number of rotatable bonds is 4. The van der Waals surface area contributed by atoms with Gasteiger partial charge in [-0.05, 0) is 72.8 Å². The summed E-state index contributed by atoms with van der Waals surface area (Å²) in [6.45, 7) is 0. The Morgan fingerprint density at radius 2 is 1.05 bits per heavy atom. The van der Waals surface area contributed by atoms with Crippen LogP contribution in [0.15, 0.2) is 127 Å². The van der Waals surface area contributed by atoms with Crippen molar-refractivity contribution in [3.8, 4) is 28.0 Å². The average molecular weight is 475 g/mol. The van der Waals surface area contributed by atoms with Crippen molar-refractivity contribution in [2.75, 3.05) is 0 Å². The number of carbonyl (C=O) groups is 1. The Hall–Kier alpha value is -4.95. The minimum atomic E-state index is -0.175. The summed E-state index contributed by atoms with van der Waals surface area (Å²) >= 11 is 0. The highest BCUT2D eigenvalue weighted by molar-refractivity contribution is 6.30. The Bertz CT molecular complexity index is 1950. The van der Waals surface area contributed by atoms with Crippen molar-refractivity contribution in [1.29, 1.82) is 0 Å². The number of phenolic OH excluding ortho intramolecular Hbond substituents is 1. The zero-order chi connectivity index (χ0) is 24.9. The average Bonchev–Trinajstić information content (AvgIpc) is 2.96. The molecule has 0 aliphatic carbocycles. The molecule has 0 spiro atoms. The monoisotopic (exact) mass is 474 g/mol. The minimum absolute atomic E-state index is 0.00185. The molecule has 0 aliphatic rings. The topological polar surface area (TPSA) is 37.3 Å². The van der Waals surface area contributed by atoms with Crippen molar-refractivity contribution in [2.24, 2.45) is 0 Å². The first-order chi connectivity index (χ1) is 18.2. The molecule has 0 aromatic heterocycles. The van der Waals surface area contributed by atoms with Gasteiger partial charge in [-0.25, -0.2) is 0 Å². The lowest BCUT2D eigenvalue weighted by Gasteiger charge is -2.17. The molecular formula is C35H22O2. The van der Waals surface area contributed by atoms with Gasteiger partial charge in [0.2, 0.25) is 0 Å². The molecule has 0 saturated carbocycles. The fraction of sp³-hybridized carbons (Fsp3) is 0. The van der Waals surface area contributed by atoms with E-state index in [4.69, 9.17) is 0 Å². The summed E-state index contributed by atoms with van der Waals surface area (Å²) in [5.41, 5.74) is 5.62. The molecule has 37 heavy (non-hydrogen) atoms. The summed E-state index contributed by atoms with van der Waals surface area (Å²) in [7, 11) is 0. The zero-order valence-corrected chi connectivity index (χ0v) is 20.0. The van der Waals surface area contributed by atoms with Gasteiger partial charge in [-0.15, -0.1) is 0 Å². The second-order valence-corrected chi connectivity index (χ2v) is 9.41. The third-order valence-electron chi connectivity index (χ3n) is 7.36. The summed E-state index contributed by atoms with van der Waals surface area (Å²) in [5.74, 6) is -0.177. The second-order valence-electron chi connectivity index (χ2n) is 9.41. The number of hydrogen-bond donors (Lipinski definition) is 1. The van der Waals surface area contributed by atoms with E-state index < -0.39 is 0 Å². The fourth-order valence-corrected chi connectivity index (χ4v) is 5.63. The first kappa shape index (κ1) is 21.3. The van der Waals surface area contributed by atoms with Crippen LogP contribution in [0.4, 0.5) is 0 Å². The molecule has 0 radical (unpaired) electrons. The number of ketones is 1. The summed E-state index contributed by atoms with van der Waals surface area (Å²) < 4.78 is 0. The van der Waals surface area contributed by atoms with E-state index >= 15 is 0 Å². The van der Waals surface area contributed by atoms with Crippen LogP contribution < -0.4 is 0 Å². The number of carbonyl (C=O) groups excluding carboxylic acids is 1. The lowest BCUT2D eigenvalue weighted by molar-refractivity contribution is 0.103. The molecule has 2 nitrogen and oxygen atoms in total. The van der Waals surface area contributed by atoms with Gasteiger partial charge in [-0.2, -0.15) is 0 Å². The normalized spacial score (nSPS) is 11.5. The van der Waals surface area contributed by atoms with E-state index in [1.165, 1.54) is 22.3 Å². The third-order valence-corrected chi connectivity index (χ3v) is 7.36. The first-order valence-corrected chi connectivity index (χ1v) is 12.4. The molecular weight excluding hydrogens is 452 g/mol. The summed E-state index contributed by atoms with van der Waals surface area (Å²) in [4.78, 5) is 13.5. The van der Waals surface area contributed by atoms with Crippen LogP contribution in [0.1, 0.15) is 15.9 Å². The Kier molecular flexibility index (Phi) is 4.80. The number of hydrogen-bond acceptors (Lipinski definition) is 2. The minimum Gasteiger partial charge on any atom is -0.507 e. The van der Waals surface area contributed by atoms with E-state index in [0.29, 0.717) is 11.1 Å². The Morgan fingerprint density at radius 1 is 0.459 bits per heavy atom. The van der Waals surface area contributed by atoms with Crippen LogP contribution in [0.3, 0.4) is 0 Å². The van der Waals surface area contributed by atoms with E-state index in [-0.39, 0.29) is 11.5 Å². The van der Waals surface area contributed by atoms with Gasteiger partial charge < -0.3 is 5.11 Å². The summed E-state index contributed by atoms with van der Waals surface area (Å²) in [5, 5.41) is 16.9. The highest BCUT2D eigenvalue weighted by atomic mass is 16.3. The van der Waals surface area contributed by atoms with Gasteiger partial charge in [0.25, 0.3) is 0 Å². The van der Waals surface area contributed by atoms with Crippen molar-refractivity contribution in [2.45, 2.75) is 0 Å². The third kappa shape index (κ3) is 3.30. The van der Waals surface area contributed by atoms with Crippen LogP contribution in [-0.2, 0) is 0 Å². The molecule has 7 aromatic rings. The van der Waals surface area contributed by atoms with Crippen molar-refractivity contribution in [3.63, 3.8) is 0 Å². The molecule has 1 N–H and O–H groups in total. The van der Waals surface area contributed by atoms with Crippen LogP contribution >= 0.6 is 0 Å². The quantitative estimate of drug-likeness (QED) is 0.204. The molecule has 7 rings (SSSR count). The number of benzene rings is 7. The molecule has 174 valence electrons. The molecule has 0 amide bonds. The maximum absolute atomic E-state index is 13.5. The van der Waals surface area contributed by atoms with Crippen molar-refractivity contribution in [3.05, 3.63) is 139 Å². The molecule has 7 aromatic carbocycles. The van der Waals surface area contributed by atoms with Gasteiger partial charge in [-0.1, -0.05) is 109 Å². The zero-order valence-electron chi connectivity index (χ0n) is 20.0. The summed E-state index contributed by atoms with van der Waals surface area (Å²) in [6, 6.07) is 42.5. The predicted octanol–water partition coefficient (Wildman–Crippen LogP) is 8.85. The maximum Gasteiger partial charge on any atom is 0.197 e. The Balaban J connectivity index is 1.51. The Morgan fingerprint density at radius 3 is 1.84 bits per heavy atom. The van der Waals surface area contributed by atoms with Crippen LogP contribution in [0.25, 0.3) is 54.6 Å². The van der Waals surface area contributed by atoms with E-state index in [0.717, 1.165) is 32.3 Å². The smallest absolute Gasteiger partial charge is 0.197 e. The second kappa shape index (κ2) is 8.32. The van der Waals surface area contributed by atoms with Gasteiger partial charge in [0, 0.05) is 5.56 Å². The van der Waals surface area contributed by atoms with Crippen LogP contribution in [-0.4, -0.2) is 10.9 Å². The Labute approximate surface area is 214 Å². The van der Waals surface area contributed by atoms with E-state index in [1.54, 1.807) is 24.3 Å². The maximum atomic E-state index is 13.5. The molecule has 0 heterocycles. The van der Waals surface area contributed by atoms with Crippen molar-refractivity contribution >= 4 is 38.1 Å². The van der Waals surface area contributed by atoms with Gasteiger partial charge in [0.15, 0.2) is 5.78 Å². The first-order valence-electron chi connectivity index (χ1n) is 12.4. The SMILES string of the molecule is O=C(c1ccccc1O)c1ccc2ccc3c(-c4ccccc4-c4ccccc4)ccc4ccc1c2c43. The molecule has 0 saturated heterocycles.